The van der Waals surface area contributed by atoms with Crippen molar-refractivity contribution in [2.45, 2.75) is 34.1 Å². The summed E-state index contributed by atoms with van der Waals surface area (Å²) in [6, 6.07) is 0. The molecular formula is C15H22. The van der Waals surface area contributed by atoms with Gasteiger partial charge in [0.1, 0.15) is 0 Å². The Morgan fingerprint density at radius 3 is 2.13 bits per heavy atom. The van der Waals surface area contributed by atoms with E-state index in [0.29, 0.717) is 0 Å². The maximum absolute atomic E-state index is 3.72. The zero-order chi connectivity index (χ0) is 11.7. The minimum absolute atomic E-state index is 0.975. The van der Waals surface area contributed by atoms with Gasteiger partial charge in [-0.2, -0.15) is 0 Å². The minimum Gasteiger partial charge on any atom is -0.0988 e. The Balaban J connectivity index is 4.16. The number of rotatable bonds is 5. The fourth-order valence-electron chi connectivity index (χ4n) is 0.974. The van der Waals surface area contributed by atoms with Crippen molar-refractivity contribution in [2.24, 2.45) is 0 Å². The zero-order valence-electron chi connectivity index (χ0n) is 10.4. The molecule has 0 heteroatoms. The molecule has 0 aliphatic heterocycles. The molecule has 82 valence electrons. The van der Waals surface area contributed by atoms with Gasteiger partial charge in [0, 0.05) is 0 Å². The van der Waals surface area contributed by atoms with Gasteiger partial charge in [-0.15, -0.1) is 0 Å². The van der Waals surface area contributed by atoms with E-state index in [1.165, 1.54) is 16.7 Å². The molecule has 0 radical (unpaired) electrons. The molecule has 0 spiro atoms. The van der Waals surface area contributed by atoms with E-state index in [-0.39, 0.29) is 0 Å². The molecule has 0 fully saturated rings. The highest BCUT2D eigenvalue weighted by atomic mass is 13.9. The smallest absolute Gasteiger partial charge is 0.0158 e. The quantitative estimate of drug-likeness (QED) is 0.552. The Morgan fingerprint density at radius 2 is 1.60 bits per heavy atom. The first-order chi connectivity index (χ1) is 7.06. The molecule has 0 heterocycles. The third kappa shape index (κ3) is 9.01. The van der Waals surface area contributed by atoms with Crippen LogP contribution >= 0.6 is 0 Å². The summed E-state index contributed by atoms with van der Waals surface area (Å²) in [7, 11) is 0. The van der Waals surface area contributed by atoms with Gasteiger partial charge in [-0.1, -0.05) is 59.8 Å². The number of allylic oxidation sites excluding steroid dienone is 9. The van der Waals surface area contributed by atoms with Gasteiger partial charge in [0.15, 0.2) is 0 Å². The highest BCUT2D eigenvalue weighted by Gasteiger charge is 1.81. The summed E-state index contributed by atoms with van der Waals surface area (Å²) in [5.74, 6) is 0. The standard InChI is InChI=1S/C15H22/c1-6-14(4)10-8-12-15(5)11-7-9-13(2)3/h6-7,9-12H,1,8H2,2-5H3. The SMILES string of the molecule is C=CC(C)=CCC=C(C)C=CC=C(C)C. The van der Waals surface area contributed by atoms with E-state index in [4.69, 9.17) is 0 Å². The fraction of sp³-hybridized carbons (Fsp3) is 0.333. The van der Waals surface area contributed by atoms with Gasteiger partial charge in [-0.25, -0.2) is 0 Å². The van der Waals surface area contributed by atoms with Gasteiger partial charge in [0.2, 0.25) is 0 Å². The van der Waals surface area contributed by atoms with Crippen molar-refractivity contribution < 1.29 is 0 Å². The summed E-state index contributed by atoms with van der Waals surface area (Å²) < 4.78 is 0. The van der Waals surface area contributed by atoms with E-state index in [2.05, 4.69) is 64.7 Å². The molecule has 0 bridgehead atoms. The Hall–Kier alpha value is -1.30. The van der Waals surface area contributed by atoms with Crippen LogP contribution in [0.25, 0.3) is 0 Å². The summed E-state index contributed by atoms with van der Waals surface area (Å²) >= 11 is 0. The summed E-state index contributed by atoms with van der Waals surface area (Å²) in [5, 5.41) is 0. The second-order valence-electron chi connectivity index (χ2n) is 3.94. The second-order valence-corrected chi connectivity index (χ2v) is 3.94. The summed E-state index contributed by atoms with van der Waals surface area (Å²) in [5.41, 5.74) is 3.84. The Bertz CT molecular complexity index is 305. The maximum Gasteiger partial charge on any atom is -0.0158 e. The van der Waals surface area contributed by atoms with E-state index < -0.39 is 0 Å². The first kappa shape index (κ1) is 13.7. The third-order valence-corrected chi connectivity index (χ3v) is 1.99. The minimum atomic E-state index is 0.975. The molecule has 0 aliphatic rings. The highest BCUT2D eigenvalue weighted by Crippen LogP contribution is 2.02. The summed E-state index contributed by atoms with van der Waals surface area (Å²) in [6.07, 6.45) is 13.6. The first-order valence-electron chi connectivity index (χ1n) is 5.33. The first-order valence-corrected chi connectivity index (χ1v) is 5.33. The highest BCUT2D eigenvalue weighted by molar-refractivity contribution is 5.23. The van der Waals surface area contributed by atoms with Crippen LogP contribution in [0, 0.1) is 0 Å². The largest absolute Gasteiger partial charge is 0.0988 e. The van der Waals surface area contributed by atoms with Crippen LogP contribution in [0.5, 0.6) is 0 Å². The Labute approximate surface area is 94.4 Å². The number of hydrogen-bond acceptors (Lipinski definition) is 0. The molecule has 0 aromatic carbocycles. The van der Waals surface area contributed by atoms with E-state index in [1.807, 2.05) is 6.08 Å². The molecule has 0 aliphatic carbocycles. The van der Waals surface area contributed by atoms with E-state index in [9.17, 15) is 0 Å². The lowest BCUT2D eigenvalue weighted by atomic mass is 10.2. The maximum atomic E-state index is 3.72. The lowest BCUT2D eigenvalue weighted by Gasteiger charge is -1.91. The van der Waals surface area contributed by atoms with Crippen molar-refractivity contribution in [3.05, 3.63) is 59.8 Å². The average Bonchev–Trinajstić information content (AvgIpc) is 2.17. The number of hydrogen-bond donors (Lipinski definition) is 0. The van der Waals surface area contributed by atoms with Crippen molar-refractivity contribution in [2.75, 3.05) is 0 Å². The van der Waals surface area contributed by atoms with Crippen LogP contribution < -0.4 is 0 Å². The van der Waals surface area contributed by atoms with Crippen molar-refractivity contribution in [1.29, 1.82) is 0 Å². The molecule has 0 amide bonds. The predicted molar refractivity (Wildman–Crippen MR) is 70.9 cm³/mol. The molecule has 0 unspecified atom stereocenters. The third-order valence-electron chi connectivity index (χ3n) is 1.99. The van der Waals surface area contributed by atoms with E-state index >= 15 is 0 Å². The van der Waals surface area contributed by atoms with E-state index in [1.54, 1.807) is 0 Å². The molecular weight excluding hydrogens is 180 g/mol. The van der Waals surface area contributed by atoms with Crippen LogP contribution in [0.4, 0.5) is 0 Å². The Morgan fingerprint density at radius 1 is 1.00 bits per heavy atom. The fourth-order valence-corrected chi connectivity index (χ4v) is 0.974. The molecule has 0 rings (SSSR count). The molecule has 0 N–H and O–H groups in total. The van der Waals surface area contributed by atoms with Gasteiger partial charge in [0.25, 0.3) is 0 Å². The van der Waals surface area contributed by atoms with Crippen LogP contribution in [0.15, 0.2) is 59.8 Å². The van der Waals surface area contributed by atoms with Crippen molar-refractivity contribution in [3.63, 3.8) is 0 Å². The Kier molecular flexibility index (Phi) is 7.35. The molecule has 0 nitrogen and oxygen atoms in total. The lowest BCUT2D eigenvalue weighted by molar-refractivity contribution is 1.29. The van der Waals surface area contributed by atoms with Crippen molar-refractivity contribution in [1.82, 2.24) is 0 Å². The molecule has 0 aromatic rings. The van der Waals surface area contributed by atoms with E-state index in [0.717, 1.165) is 6.42 Å². The average molecular weight is 202 g/mol. The summed E-state index contributed by atoms with van der Waals surface area (Å²) in [4.78, 5) is 0. The van der Waals surface area contributed by atoms with Gasteiger partial charge >= 0.3 is 0 Å². The predicted octanol–water partition coefficient (Wildman–Crippen LogP) is 4.98. The van der Waals surface area contributed by atoms with Crippen molar-refractivity contribution in [3.8, 4) is 0 Å². The molecule has 0 saturated carbocycles. The van der Waals surface area contributed by atoms with Crippen LogP contribution in [-0.4, -0.2) is 0 Å². The topological polar surface area (TPSA) is 0 Å². The normalized spacial score (nSPS) is 13.1. The van der Waals surface area contributed by atoms with Gasteiger partial charge in [0.05, 0.1) is 0 Å². The monoisotopic (exact) mass is 202 g/mol. The van der Waals surface area contributed by atoms with Crippen LogP contribution in [0.2, 0.25) is 0 Å². The van der Waals surface area contributed by atoms with Gasteiger partial charge in [-0.05, 0) is 34.1 Å². The van der Waals surface area contributed by atoms with Crippen LogP contribution in [0.1, 0.15) is 34.1 Å². The molecule has 0 atom stereocenters. The van der Waals surface area contributed by atoms with Gasteiger partial charge < -0.3 is 0 Å². The molecule has 15 heavy (non-hydrogen) atoms. The molecule has 0 aromatic heterocycles. The second kappa shape index (κ2) is 8.05. The van der Waals surface area contributed by atoms with Crippen LogP contribution in [-0.2, 0) is 0 Å². The van der Waals surface area contributed by atoms with Crippen molar-refractivity contribution >= 4 is 0 Å². The molecule has 0 saturated heterocycles. The lowest BCUT2D eigenvalue weighted by Crippen LogP contribution is -1.71. The summed E-state index contributed by atoms with van der Waals surface area (Å²) in [6.45, 7) is 12.1. The zero-order valence-corrected chi connectivity index (χ0v) is 10.4. The van der Waals surface area contributed by atoms with Crippen LogP contribution in [0.3, 0.4) is 0 Å². The van der Waals surface area contributed by atoms with Gasteiger partial charge in [-0.3, -0.25) is 0 Å².